The second-order valence-electron chi connectivity index (χ2n) is 4.23. The van der Waals surface area contributed by atoms with Crippen molar-refractivity contribution >= 4 is 11.7 Å². The number of hydrogen-bond donors (Lipinski definition) is 2. The van der Waals surface area contributed by atoms with Crippen LogP contribution in [0.1, 0.15) is 18.1 Å². The van der Waals surface area contributed by atoms with Crippen LogP contribution in [-0.2, 0) is 9.53 Å². The topological polar surface area (TPSA) is 82.3 Å². The number of benzene rings is 1. The van der Waals surface area contributed by atoms with Crippen LogP contribution in [0.5, 0.6) is 0 Å². The van der Waals surface area contributed by atoms with Crippen LogP contribution in [0.2, 0.25) is 0 Å². The maximum Gasteiger partial charge on any atom is 0.339 e. The van der Waals surface area contributed by atoms with Crippen LogP contribution in [0.25, 0.3) is 0 Å². The van der Waals surface area contributed by atoms with Gasteiger partial charge in [0.25, 0.3) is 0 Å². The number of carbonyl (C=O) groups excluding carboxylic acids is 1. The lowest BCUT2D eigenvalue weighted by Gasteiger charge is -2.21. The highest BCUT2D eigenvalue weighted by atomic mass is 16.5. The summed E-state index contributed by atoms with van der Waals surface area (Å²) in [5.74, 6) is -0.721. The lowest BCUT2D eigenvalue weighted by molar-refractivity contribution is -0.158. The lowest BCUT2D eigenvalue weighted by Crippen LogP contribution is -2.42. The van der Waals surface area contributed by atoms with Crippen molar-refractivity contribution in [2.24, 2.45) is 0 Å². The van der Waals surface area contributed by atoms with Crippen molar-refractivity contribution in [2.45, 2.75) is 19.4 Å². The van der Waals surface area contributed by atoms with E-state index in [0.29, 0.717) is 11.3 Å². The molecule has 1 atom stereocenters. The van der Waals surface area contributed by atoms with E-state index in [1.807, 2.05) is 13.0 Å². The highest BCUT2D eigenvalue weighted by Crippen LogP contribution is 2.19. The molecule has 0 saturated carbocycles. The van der Waals surface area contributed by atoms with Gasteiger partial charge in [-0.3, -0.25) is 0 Å². The van der Waals surface area contributed by atoms with Crippen molar-refractivity contribution in [2.75, 3.05) is 19.0 Å². The van der Waals surface area contributed by atoms with Gasteiger partial charge in [-0.05, 0) is 25.5 Å². The molecule has 18 heavy (non-hydrogen) atoms. The number of anilines is 1. The number of nitrogens with zero attached hydrogens (tertiary/aromatic N) is 1. The monoisotopic (exact) mass is 248 g/mol. The highest BCUT2D eigenvalue weighted by Gasteiger charge is 2.31. The molecular weight excluding hydrogens is 232 g/mol. The minimum atomic E-state index is -1.63. The lowest BCUT2D eigenvalue weighted by atomic mass is 10.1. The van der Waals surface area contributed by atoms with E-state index in [1.54, 1.807) is 12.1 Å². The molecule has 0 heterocycles. The molecule has 0 saturated heterocycles. The van der Waals surface area contributed by atoms with Gasteiger partial charge in [-0.15, -0.1) is 0 Å². The fourth-order valence-electron chi connectivity index (χ4n) is 1.52. The molecule has 96 valence electrons. The van der Waals surface area contributed by atoms with Crippen LogP contribution in [0.15, 0.2) is 18.2 Å². The molecule has 1 aromatic carbocycles. The predicted octanol–water partition coefficient (Wildman–Crippen LogP) is 1.20. The number of ether oxygens (including phenoxy) is 1. The van der Waals surface area contributed by atoms with Gasteiger partial charge in [-0.25, -0.2) is 4.79 Å². The second kappa shape index (κ2) is 5.52. The summed E-state index contributed by atoms with van der Waals surface area (Å²) in [6.07, 6.45) is 0. The Balaban J connectivity index is 2.85. The third-order valence-electron chi connectivity index (χ3n) is 2.63. The van der Waals surface area contributed by atoms with Gasteiger partial charge in [-0.1, -0.05) is 12.1 Å². The van der Waals surface area contributed by atoms with Crippen molar-refractivity contribution in [3.05, 3.63) is 29.3 Å². The minimum absolute atomic E-state index is 0.0300. The molecule has 1 aromatic rings. The number of nitriles is 1. The Kier molecular flexibility index (Phi) is 4.29. The molecule has 0 amide bonds. The molecular formula is C13H16N2O3. The summed E-state index contributed by atoms with van der Waals surface area (Å²) in [7, 11) is 1.21. The molecule has 2 N–H and O–H groups in total. The van der Waals surface area contributed by atoms with E-state index in [2.05, 4.69) is 16.1 Å². The van der Waals surface area contributed by atoms with Crippen molar-refractivity contribution in [3.63, 3.8) is 0 Å². The highest BCUT2D eigenvalue weighted by molar-refractivity contribution is 5.79. The fourth-order valence-corrected chi connectivity index (χ4v) is 1.52. The molecule has 0 aliphatic heterocycles. The Labute approximate surface area is 106 Å². The van der Waals surface area contributed by atoms with Gasteiger partial charge < -0.3 is 15.2 Å². The molecule has 1 unspecified atom stereocenters. The summed E-state index contributed by atoms with van der Waals surface area (Å²) in [6, 6.07) is 7.42. The van der Waals surface area contributed by atoms with E-state index < -0.39 is 11.6 Å². The third kappa shape index (κ3) is 2.99. The van der Waals surface area contributed by atoms with Gasteiger partial charge in [0.15, 0.2) is 5.60 Å². The molecule has 0 spiro atoms. The van der Waals surface area contributed by atoms with E-state index in [4.69, 9.17) is 5.26 Å². The molecule has 0 bridgehead atoms. The molecule has 1 rings (SSSR count). The van der Waals surface area contributed by atoms with Gasteiger partial charge in [0.05, 0.1) is 24.9 Å². The Morgan fingerprint density at radius 3 is 2.83 bits per heavy atom. The third-order valence-corrected chi connectivity index (χ3v) is 2.63. The Morgan fingerprint density at radius 1 is 1.61 bits per heavy atom. The molecule has 0 fully saturated rings. The number of methoxy groups -OCH3 is 1. The Hall–Kier alpha value is -2.06. The summed E-state index contributed by atoms with van der Waals surface area (Å²) in [5.41, 5.74) is 0.283. The number of nitrogens with one attached hydrogen (secondary N) is 1. The first kappa shape index (κ1) is 14.0. The molecule has 5 nitrogen and oxygen atoms in total. The predicted molar refractivity (Wildman–Crippen MR) is 67.0 cm³/mol. The zero-order chi connectivity index (χ0) is 13.8. The number of aliphatic hydroxyl groups is 1. The van der Waals surface area contributed by atoms with Crippen molar-refractivity contribution < 1.29 is 14.6 Å². The van der Waals surface area contributed by atoms with Crippen molar-refractivity contribution in [1.82, 2.24) is 0 Å². The van der Waals surface area contributed by atoms with Crippen LogP contribution < -0.4 is 5.32 Å². The van der Waals surface area contributed by atoms with Gasteiger partial charge in [0, 0.05) is 0 Å². The molecule has 0 aliphatic rings. The number of esters is 1. The van der Waals surface area contributed by atoms with Gasteiger partial charge in [0.1, 0.15) is 6.07 Å². The zero-order valence-corrected chi connectivity index (χ0v) is 10.7. The van der Waals surface area contributed by atoms with Gasteiger partial charge >= 0.3 is 5.97 Å². The van der Waals surface area contributed by atoms with Crippen molar-refractivity contribution in [1.29, 1.82) is 5.26 Å². The number of aryl methyl sites for hydroxylation is 1. The Bertz CT molecular complexity index is 489. The standard InChI is InChI=1S/C13H16N2O3/c1-9-5-4-6-11(10(9)7-14)15-8-13(2,17)12(16)18-3/h4-6,15,17H,8H2,1-3H3. The molecule has 0 aromatic heterocycles. The van der Waals surface area contributed by atoms with Crippen LogP contribution in [0.4, 0.5) is 5.69 Å². The van der Waals surface area contributed by atoms with Crippen LogP contribution >= 0.6 is 0 Å². The second-order valence-corrected chi connectivity index (χ2v) is 4.23. The summed E-state index contributed by atoms with van der Waals surface area (Å²) in [4.78, 5) is 11.3. The maximum absolute atomic E-state index is 11.3. The summed E-state index contributed by atoms with van der Waals surface area (Å²) >= 11 is 0. The number of rotatable bonds is 4. The minimum Gasteiger partial charge on any atom is -0.467 e. The van der Waals surface area contributed by atoms with E-state index in [-0.39, 0.29) is 6.54 Å². The smallest absolute Gasteiger partial charge is 0.339 e. The first-order valence-electron chi connectivity index (χ1n) is 5.46. The Morgan fingerprint density at radius 2 is 2.28 bits per heavy atom. The summed E-state index contributed by atoms with van der Waals surface area (Å²) in [6.45, 7) is 3.15. The first-order valence-corrected chi connectivity index (χ1v) is 5.46. The molecule has 0 aliphatic carbocycles. The first-order chi connectivity index (χ1) is 8.42. The number of carbonyl (C=O) groups is 1. The average molecular weight is 248 g/mol. The quantitative estimate of drug-likeness (QED) is 0.782. The van der Waals surface area contributed by atoms with Crippen LogP contribution in [-0.4, -0.2) is 30.3 Å². The van der Waals surface area contributed by atoms with Crippen molar-refractivity contribution in [3.8, 4) is 6.07 Å². The molecule has 5 heteroatoms. The molecule has 0 radical (unpaired) electrons. The van der Waals surface area contributed by atoms with Gasteiger partial charge in [0.2, 0.25) is 0 Å². The largest absolute Gasteiger partial charge is 0.467 e. The summed E-state index contributed by atoms with van der Waals surface area (Å²) < 4.78 is 4.49. The van der Waals surface area contributed by atoms with Gasteiger partial charge in [-0.2, -0.15) is 5.26 Å². The SMILES string of the molecule is COC(=O)C(C)(O)CNc1cccc(C)c1C#N. The van der Waals surface area contributed by atoms with E-state index >= 15 is 0 Å². The maximum atomic E-state index is 11.3. The zero-order valence-electron chi connectivity index (χ0n) is 10.7. The van der Waals surface area contributed by atoms with E-state index in [0.717, 1.165) is 5.56 Å². The summed E-state index contributed by atoms with van der Waals surface area (Å²) in [5, 5.41) is 21.8. The fraction of sp³-hybridized carbons (Fsp3) is 0.385. The van der Waals surface area contributed by atoms with Crippen LogP contribution in [0, 0.1) is 18.3 Å². The average Bonchev–Trinajstić information content (AvgIpc) is 2.35. The van der Waals surface area contributed by atoms with Crippen LogP contribution in [0.3, 0.4) is 0 Å². The van der Waals surface area contributed by atoms with E-state index in [1.165, 1.54) is 14.0 Å². The normalized spacial score (nSPS) is 13.3. The number of hydrogen-bond acceptors (Lipinski definition) is 5. The van der Waals surface area contributed by atoms with E-state index in [9.17, 15) is 9.90 Å².